The fourth-order valence-electron chi connectivity index (χ4n) is 1.99. The normalized spacial score (nSPS) is 12.4. The molecule has 1 unspecified atom stereocenters. The van der Waals surface area contributed by atoms with Crippen LogP contribution in [-0.4, -0.2) is 5.33 Å². The molecule has 2 aromatic rings. The maximum Gasteiger partial charge on any atom is 0.123 e. The Hall–Kier alpha value is -0.570. The average molecular weight is 362 g/mol. The maximum absolute atomic E-state index is 13.3. The highest BCUT2D eigenvalue weighted by atomic mass is 79.9. The topological polar surface area (TPSA) is 0 Å². The van der Waals surface area contributed by atoms with Gasteiger partial charge in [-0.2, -0.15) is 0 Å². The molecule has 0 nitrogen and oxygen atoms in total. The molecule has 0 saturated carbocycles. The number of hydrogen-bond acceptors (Lipinski definition) is 0. The van der Waals surface area contributed by atoms with E-state index >= 15 is 0 Å². The van der Waals surface area contributed by atoms with Crippen LogP contribution in [0.15, 0.2) is 42.5 Å². The minimum atomic E-state index is -0.265. The van der Waals surface area contributed by atoms with Gasteiger partial charge in [-0.15, -0.1) is 0 Å². The van der Waals surface area contributed by atoms with Gasteiger partial charge in [-0.1, -0.05) is 51.3 Å². The van der Waals surface area contributed by atoms with Crippen LogP contribution in [0.3, 0.4) is 0 Å². The zero-order chi connectivity index (χ0) is 13.8. The Morgan fingerprint density at radius 1 is 1.11 bits per heavy atom. The molecule has 0 saturated heterocycles. The van der Waals surface area contributed by atoms with Crippen LogP contribution in [0.5, 0.6) is 0 Å². The van der Waals surface area contributed by atoms with Gasteiger partial charge >= 0.3 is 0 Å². The summed E-state index contributed by atoms with van der Waals surface area (Å²) >= 11 is 15.6. The molecule has 2 aromatic carbocycles. The van der Waals surface area contributed by atoms with E-state index in [0.29, 0.717) is 16.5 Å². The molecule has 0 heterocycles. The van der Waals surface area contributed by atoms with E-state index in [9.17, 15) is 4.39 Å². The molecule has 0 radical (unpaired) electrons. The van der Waals surface area contributed by atoms with E-state index in [1.807, 2.05) is 24.3 Å². The van der Waals surface area contributed by atoms with Crippen molar-refractivity contribution in [1.29, 1.82) is 0 Å². The molecule has 0 N–H and O–H groups in total. The van der Waals surface area contributed by atoms with E-state index in [1.54, 1.807) is 6.07 Å². The number of hydrogen-bond donors (Lipinski definition) is 0. The molecule has 0 aliphatic heterocycles. The fourth-order valence-corrected chi connectivity index (χ4v) is 2.98. The van der Waals surface area contributed by atoms with Crippen LogP contribution in [0.4, 0.5) is 4.39 Å². The minimum Gasteiger partial charge on any atom is -0.207 e. The fraction of sp³-hybridized carbons (Fsp3) is 0.200. The van der Waals surface area contributed by atoms with Gasteiger partial charge < -0.3 is 0 Å². The third kappa shape index (κ3) is 3.95. The Labute approximate surface area is 130 Å². The van der Waals surface area contributed by atoms with Crippen LogP contribution in [0.1, 0.15) is 17.0 Å². The van der Waals surface area contributed by atoms with Crippen molar-refractivity contribution in [3.8, 4) is 0 Å². The van der Waals surface area contributed by atoms with Crippen LogP contribution in [0.25, 0.3) is 0 Å². The van der Waals surface area contributed by atoms with Gasteiger partial charge in [-0.05, 0) is 53.8 Å². The van der Waals surface area contributed by atoms with Crippen molar-refractivity contribution in [2.75, 3.05) is 5.33 Å². The Morgan fingerprint density at radius 3 is 2.58 bits per heavy atom. The standard InChI is InChI=1S/C15H12BrCl2F/c16-9-12(10-2-1-3-13(17)7-10)6-11-8-14(19)4-5-15(11)18/h1-5,7-8,12H,6,9H2. The lowest BCUT2D eigenvalue weighted by Crippen LogP contribution is -2.05. The van der Waals surface area contributed by atoms with Gasteiger partial charge in [0.2, 0.25) is 0 Å². The molecular weight excluding hydrogens is 350 g/mol. The smallest absolute Gasteiger partial charge is 0.123 e. The van der Waals surface area contributed by atoms with Crippen molar-refractivity contribution in [2.45, 2.75) is 12.3 Å². The van der Waals surface area contributed by atoms with Crippen LogP contribution < -0.4 is 0 Å². The van der Waals surface area contributed by atoms with Gasteiger partial charge in [0, 0.05) is 15.4 Å². The predicted octanol–water partition coefficient (Wildman–Crippen LogP) is 5.85. The summed E-state index contributed by atoms with van der Waals surface area (Å²) in [6.07, 6.45) is 0.669. The van der Waals surface area contributed by atoms with Crippen molar-refractivity contribution in [2.24, 2.45) is 0 Å². The molecule has 0 spiro atoms. The lowest BCUT2D eigenvalue weighted by atomic mass is 9.93. The molecule has 0 bridgehead atoms. The Balaban J connectivity index is 2.26. The van der Waals surface area contributed by atoms with Crippen molar-refractivity contribution in [3.05, 3.63) is 69.5 Å². The van der Waals surface area contributed by atoms with Crippen molar-refractivity contribution in [3.63, 3.8) is 0 Å². The first-order chi connectivity index (χ1) is 9.10. The third-order valence-electron chi connectivity index (χ3n) is 2.98. The van der Waals surface area contributed by atoms with E-state index in [1.165, 1.54) is 12.1 Å². The second kappa shape index (κ2) is 6.74. The van der Waals surface area contributed by atoms with E-state index in [2.05, 4.69) is 15.9 Å². The lowest BCUT2D eigenvalue weighted by molar-refractivity contribution is 0.623. The molecule has 2 rings (SSSR count). The first-order valence-corrected chi connectivity index (χ1v) is 7.73. The van der Waals surface area contributed by atoms with Crippen LogP contribution in [0.2, 0.25) is 10.0 Å². The average Bonchev–Trinajstić information content (AvgIpc) is 2.39. The highest BCUT2D eigenvalue weighted by Crippen LogP contribution is 2.28. The summed E-state index contributed by atoms with van der Waals surface area (Å²) in [5.41, 5.74) is 1.93. The monoisotopic (exact) mass is 360 g/mol. The molecule has 19 heavy (non-hydrogen) atoms. The molecule has 0 aliphatic rings. The zero-order valence-corrected chi connectivity index (χ0v) is 13.1. The number of alkyl halides is 1. The third-order valence-corrected chi connectivity index (χ3v) is 4.37. The minimum absolute atomic E-state index is 0.206. The van der Waals surface area contributed by atoms with Crippen LogP contribution >= 0.6 is 39.1 Å². The second-order valence-electron chi connectivity index (χ2n) is 4.35. The van der Waals surface area contributed by atoms with Crippen LogP contribution in [-0.2, 0) is 6.42 Å². The Bertz CT molecular complexity index is 572. The largest absolute Gasteiger partial charge is 0.207 e. The number of halogens is 4. The summed E-state index contributed by atoms with van der Waals surface area (Å²) in [6, 6.07) is 12.2. The van der Waals surface area contributed by atoms with E-state index in [-0.39, 0.29) is 11.7 Å². The van der Waals surface area contributed by atoms with Gasteiger partial charge in [0.05, 0.1) is 0 Å². The summed E-state index contributed by atoms with van der Waals surface area (Å²) in [4.78, 5) is 0. The number of rotatable bonds is 4. The Morgan fingerprint density at radius 2 is 1.89 bits per heavy atom. The van der Waals surface area contributed by atoms with E-state index < -0.39 is 0 Å². The highest BCUT2D eigenvalue weighted by molar-refractivity contribution is 9.09. The predicted molar refractivity (Wildman–Crippen MR) is 83.1 cm³/mol. The summed E-state index contributed by atoms with van der Waals surface area (Å²) in [5.74, 6) is -0.0585. The molecular formula is C15H12BrCl2F. The molecule has 0 amide bonds. The summed E-state index contributed by atoms with van der Waals surface area (Å²) in [5, 5.41) is 2.06. The lowest BCUT2D eigenvalue weighted by Gasteiger charge is -2.16. The maximum atomic E-state index is 13.3. The van der Waals surface area contributed by atoms with Gasteiger partial charge in [-0.3, -0.25) is 0 Å². The van der Waals surface area contributed by atoms with Gasteiger partial charge in [0.1, 0.15) is 5.82 Å². The number of benzene rings is 2. The van der Waals surface area contributed by atoms with Gasteiger partial charge in [0.25, 0.3) is 0 Å². The van der Waals surface area contributed by atoms with E-state index in [4.69, 9.17) is 23.2 Å². The molecule has 0 aromatic heterocycles. The Kier molecular flexibility index (Phi) is 5.26. The van der Waals surface area contributed by atoms with Crippen molar-refractivity contribution in [1.82, 2.24) is 0 Å². The van der Waals surface area contributed by atoms with Crippen LogP contribution in [0, 0.1) is 5.82 Å². The quantitative estimate of drug-likeness (QED) is 0.599. The van der Waals surface area contributed by atoms with Gasteiger partial charge in [-0.25, -0.2) is 4.39 Å². The molecule has 100 valence electrons. The molecule has 4 heteroatoms. The van der Waals surface area contributed by atoms with Crippen molar-refractivity contribution >= 4 is 39.1 Å². The van der Waals surface area contributed by atoms with Gasteiger partial charge in [0.15, 0.2) is 0 Å². The highest BCUT2D eigenvalue weighted by Gasteiger charge is 2.14. The summed E-state index contributed by atoms with van der Waals surface area (Å²) in [7, 11) is 0. The molecule has 1 atom stereocenters. The SMILES string of the molecule is Fc1ccc(Cl)c(CC(CBr)c2cccc(Cl)c2)c1. The second-order valence-corrected chi connectivity index (χ2v) is 5.84. The molecule has 0 aliphatic carbocycles. The van der Waals surface area contributed by atoms with Crippen molar-refractivity contribution < 1.29 is 4.39 Å². The zero-order valence-electron chi connectivity index (χ0n) is 10.0. The molecule has 0 fully saturated rings. The van der Waals surface area contributed by atoms with E-state index in [0.717, 1.165) is 16.5 Å². The summed E-state index contributed by atoms with van der Waals surface area (Å²) in [6.45, 7) is 0. The first-order valence-electron chi connectivity index (χ1n) is 5.85. The summed E-state index contributed by atoms with van der Waals surface area (Å²) < 4.78 is 13.3. The first kappa shape index (κ1) is 14.8.